The smallest absolute Gasteiger partial charge is 0.194 e. The van der Waals surface area contributed by atoms with Crippen LogP contribution in [0.4, 0.5) is 0 Å². The van der Waals surface area contributed by atoms with Crippen molar-refractivity contribution in [3.63, 3.8) is 0 Å². The molecule has 2 aliphatic rings. The third kappa shape index (κ3) is 1.82. The van der Waals surface area contributed by atoms with Crippen molar-refractivity contribution in [3.8, 4) is 0 Å². The summed E-state index contributed by atoms with van der Waals surface area (Å²) in [6, 6.07) is 16.3. The molecule has 0 fully saturated rings. The van der Waals surface area contributed by atoms with E-state index in [1.165, 1.54) is 5.56 Å². The molecule has 0 aliphatic heterocycles. The number of hydrogen-bond donors (Lipinski definition) is 0. The minimum absolute atomic E-state index is 0.118. The van der Waals surface area contributed by atoms with Gasteiger partial charge in [0.1, 0.15) is 0 Å². The topological polar surface area (TPSA) is 17.1 Å². The third-order valence-electron chi connectivity index (χ3n) is 4.11. The van der Waals surface area contributed by atoms with Crippen molar-refractivity contribution in [2.45, 2.75) is 6.92 Å². The molecule has 0 unspecified atom stereocenters. The van der Waals surface area contributed by atoms with E-state index in [2.05, 4.69) is 25.1 Å². The molecular weight excluding hydrogens is 256 g/mol. The second kappa shape index (κ2) is 4.42. The summed E-state index contributed by atoms with van der Waals surface area (Å²) < 4.78 is 0. The van der Waals surface area contributed by atoms with E-state index in [1.807, 2.05) is 48.6 Å². The summed E-state index contributed by atoms with van der Waals surface area (Å²) in [7, 11) is 0. The van der Waals surface area contributed by atoms with E-state index < -0.39 is 0 Å². The molecule has 1 heteroatoms. The summed E-state index contributed by atoms with van der Waals surface area (Å²) in [5.41, 5.74) is 7.10. The molecule has 4 rings (SSSR count). The van der Waals surface area contributed by atoms with Crippen molar-refractivity contribution < 1.29 is 4.79 Å². The summed E-state index contributed by atoms with van der Waals surface area (Å²) in [4.78, 5) is 12.8. The van der Waals surface area contributed by atoms with Gasteiger partial charge in [0, 0.05) is 11.1 Å². The van der Waals surface area contributed by atoms with Crippen LogP contribution < -0.4 is 0 Å². The highest BCUT2D eigenvalue weighted by molar-refractivity contribution is 6.38. The quantitative estimate of drug-likeness (QED) is 0.748. The molecule has 2 aliphatic carbocycles. The van der Waals surface area contributed by atoms with Gasteiger partial charge in [-0.3, -0.25) is 4.79 Å². The molecule has 0 heterocycles. The van der Waals surface area contributed by atoms with Gasteiger partial charge in [-0.25, -0.2) is 0 Å². The maximum atomic E-state index is 12.8. The van der Waals surface area contributed by atoms with E-state index in [0.29, 0.717) is 0 Å². The van der Waals surface area contributed by atoms with Gasteiger partial charge in [0.15, 0.2) is 5.78 Å². The van der Waals surface area contributed by atoms with Crippen LogP contribution in [0.25, 0.3) is 17.2 Å². The van der Waals surface area contributed by atoms with Crippen molar-refractivity contribution in [2.24, 2.45) is 0 Å². The molecule has 0 saturated heterocycles. The van der Waals surface area contributed by atoms with Crippen LogP contribution in [-0.4, -0.2) is 5.78 Å². The van der Waals surface area contributed by atoms with Crippen molar-refractivity contribution >= 4 is 23.0 Å². The van der Waals surface area contributed by atoms with E-state index in [-0.39, 0.29) is 5.78 Å². The maximum Gasteiger partial charge on any atom is 0.194 e. The first kappa shape index (κ1) is 12.1. The van der Waals surface area contributed by atoms with Crippen molar-refractivity contribution in [1.29, 1.82) is 0 Å². The van der Waals surface area contributed by atoms with Crippen LogP contribution in [0, 0.1) is 6.92 Å². The normalized spacial score (nSPS) is 15.9. The van der Waals surface area contributed by atoms with E-state index in [1.54, 1.807) is 0 Å². The summed E-state index contributed by atoms with van der Waals surface area (Å²) in [6.45, 7) is 2.05. The predicted octanol–water partition coefficient (Wildman–Crippen LogP) is 4.44. The van der Waals surface area contributed by atoms with E-state index in [0.717, 1.165) is 33.4 Å². The number of aryl methyl sites for hydroxylation is 1. The molecule has 100 valence electrons. The molecule has 0 spiro atoms. The Bertz CT molecular complexity index is 846. The molecule has 0 radical (unpaired) electrons. The largest absolute Gasteiger partial charge is 0.289 e. The molecule has 0 N–H and O–H groups in total. The number of Topliss-reactive ketones (excluding diaryl/α,β-unsaturated/α-hetero) is 1. The summed E-state index contributed by atoms with van der Waals surface area (Å²) >= 11 is 0. The summed E-state index contributed by atoms with van der Waals surface area (Å²) in [6.07, 6.45) is 6.01. The van der Waals surface area contributed by atoms with Gasteiger partial charge in [0.05, 0.1) is 0 Å². The van der Waals surface area contributed by atoms with Gasteiger partial charge < -0.3 is 0 Å². The maximum absolute atomic E-state index is 12.8. The molecule has 2 aromatic rings. The fourth-order valence-corrected chi connectivity index (χ4v) is 2.96. The van der Waals surface area contributed by atoms with Crippen LogP contribution in [0.15, 0.2) is 66.3 Å². The van der Waals surface area contributed by atoms with Crippen LogP contribution in [0.2, 0.25) is 0 Å². The molecule has 0 bridgehead atoms. The number of fused-ring (bicyclic) bond motifs is 3. The van der Waals surface area contributed by atoms with Gasteiger partial charge in [0.2, 0.25) is 0 Å². The number of rotatable bonds is 1. The average Bonchev–Trinajstić information content (AvgIpc) is 2.89. The van der Waals surface area contributed by atoms with E-state index >= 15 is 0 Å². The Kier molecular flexibility index (Phi) is 2.55. The van der Waals surface area contributed by atoms with Crippen LogP contribution in [0.3, 0.4) is 0 Å². The van der Waals surface area contributed by atoms with Crippen LogP contribution in [-0.2, 0) is 4.79 Å². The number of allylic oxidation sites excluding steroid dienone is 5. The van der Waals surface area contributed by atoms with E-state index in [9.17, 15) is 4.79 Å². The molecule has 21 heavy (non-hydrogen) atoms. The van der Waals surface area contributed by atoms with Gasteiger partial charge >= 0.3 is 0 Å². The van der Waals surface area contributed by atoms with Gasteiger partial charge in [-0.15, -0.1) is 0 Å². The highest BCUT2D eigenvalue weighted by atomic mass is 16.1. The Morgan fingerprint density at radius 3 is 2.29 bits per heavy atom. The van der Waals surface area contributed by atoms with E-state index in [4.69, 9.17) is 0 Å². The first-order valence-corrected chi connectivity index (χ1v) is 7.09. The Morgan fingerprint density at radius 1 is 0.762 bits per heavy atom. The molecule has 2 aromatic carbocycles. The van der Waals surface area contributed by atoms with Gasteiger partial charge in [-0.2, -0.15) is 0 Å². The van der Waals surface area contributed by atoms with Crippen molar-refractivity contribution in [1.82, 2.24) is 0 Å². The summed E-state index contributed by atoms with van der Waals surface area (Å²) in [5, 5.41) is 0. The summed E-state index contributed by atoms with van der Waals surface area (Å²) in [5.74, 6) is 0.118. The molecule has 0 saturated carbocycles. The highest BCUT2D eigenvalue weighted by Crippen LogP contribution is 2.40. The second-order valence-corrected chi connectivity index (χ2v) is 5.50. The van der Waals surface area contributed by atoms with Gasteiger partial charge in [-0.1, -0.05) is 60.2 Å². The molecule has 1 nitrogen and oxygen atoms in total. The fourth-order valence-electron chi connectivity index (χ4n) is 2.96. The van der Waals surface area contributed by atoms with Crippen molar-refractivity contribution in [2.75, 3.05) is 0 Å². The molecule has 0 aromatic heterocycles. The van der Waals surface area contributed by atoms with Crippen LogP contribution >= 0.6 is 0 Å². The predicted molar refractivity (Wildman–Crippen MR) is 86.6 cm³/mol. The fraction of sp³-hybridized carbons (Fsp3) is 0.0500. The Balaban J connectivity index is 1.83. The standard InChI is InChI=1S/C20H14O/c1-13-6-8-14(9-7-13)17-10-11-18-16-5-3-2-4-15(16)12-19(18)20(17)21/h2-12H,1H3. The Hall–Kier alpha value is -2.67. The zero-order valence-corrected chi connectivity index (χ0v) is 11.8. The first-order valence-electron chi connectivity index (χ1n) is 7.09. The minimum Gasteiger partial charge on any atom is -0.289 e. The SMILES string of the molecule is Cc1ccc(C2=CC=C3C(=Cc4ccccc43)C2=O)cc1. The molecular formula is C20H14O. The lowest BCUT2D eigenvalue weighted by molar-refractivity contribution is -0.110. The Labute approximate surface area is 123 Å². The zero-order chi connectivity index (χ0) is 14.4. The zero-order valence-electron chi connectivity index (χ0n) is 11.8. The number of carbonyl (C=O) groups excluding carboxylic acids is 1. The van der Waals surface area contributed by atoms with Crippen LogP contribution in [0.1, 0.15) is 22.3 Å². The van der Waals surface area contributed by atoms with Gasteiger partial charge in [-0.05, 0) is 41.3 Å². The minimum atomic E-state index is 0.118. The number of hydrogen-bond acceptors (Lipinski definition) is 1. The van der Waals surface area contributed by atoms with Crippen LogP contribution in [0.5, 0.6) is 0 Å². The monoisotopic (exact) mass is 270 g/mol. The lowest BCUT2D eigenvalue weighted by Crippen LogP contribution is -2.08. The number of benzene rings is 2. The highest BCUT2D eigenvalue weighted by Gasteiger charge is 2.28. The lowest BCUT2D eigenvalue weighted by atomic mass is 9.88. The molecule has 0 atom stereocenters. The molecule has 0 amide bonds. The number of ketones is 1. The third-order valence-corrected chi connectivity index (χ3v) is 4.11. The number of carbonyl (C=O) groups is 1. The average molecular weight is 270 g/mol. The lowest BCUT2D eigenvalue weighted by Gasteiger charge is -2.14. The van der Waals surface area contributed by atoms with Gasteiger partial charge in [0.25, 0.3) is 0 Å². The second-order valence-electron chi connectivity index (χ2n) is 5.50. The Morgan fingerprint density at radius 2 is 1.48 bits per heavy atom. The van der Waals surface area contributed by atoms with Crippen molar-refractivity contribution in [3.05, 3.63) is 88.5 Å². The first-order chi connectivity index (χ1) is 10.2.